The number of nitrogens with zero attached hydrogens (tertiary/aromatic N) is 4. The van der Waals surface area contributed by atoms with Crippen molar-refractivity contribution >= 4 is 27.4 Å². The largest absolute Gasteiger partial charge is 0.493 e. The molecular formula is C20H22N4O3S. The van der Waals surface area contributed by atoms with E-state index >= 15 is 0 Å². The second-order valence-corrected chi connectivity index (χ2v) is 7.42. The maximum Gasteiger partial charge on any atom is 0.203 e. The Kier molecular flexibility index (Phi) is 5.56. The van der Waals surface area contributed by atoms with E-state index in [1.807, 2.05) is 38.1 Å². The molecule has 0 unspecified atom stereocenters. The number of fused-ring (bicyclic) bond motifs is 1. The molecule has 0 saturated carbocycles. The number of ether oxygens (including phenoxy) is 3. The number of methoxy groups -OCH3 is 3. The summed E-state index contributed by atoms with van der Waals surface area (Å²) >= 11 is 1.39. The zero-order valence-corrected chi connectivity index (χ0v) is 17.6. The number of aromatic nitrogens is 2. The molecule has 28 heavy (non-hydrogen) atoms. The molecule has 0 amide bonds. The molecule has 2 aromatic heterocycles. The summed E-state index contributed by atoms with van der Waals surface area (Å²) < 4.78 is 16.3. The van der Waals surface area contributed by atoms with Gasteiger partial charge in [0.05, 0.1) is 26.7 Å². The molecule has 0 fully saturated rings. The summed E-state index contributed by atoms with van der Waals surface area (Å²) in [6, 6.07) is 6.04. The standard InChI is InChI=1S/C20H22N4O3S/c1-11-15(10-21)28-20-17(11)19(24(2)3)22-16(23-20)9-12-7-13(25-4)18(27-6)14(8-12)26-5/h7-8H,9H2,1-6H3. The van der Waals surface area contributed by atoms with E-state index in [9.17, 15) is 5.26 Å². The van der Waals surface area contributed by atoms with E-state index in [0.717, 1.165) is 27.2 Å². The summed E-state index contributed by atoms with van der Waals surface area (Å²) in [5.41, 5.74) is 1.86. The van der Waals surface area contributed by atoms with Crippen molar-refractivity contribution in [2.45, 2.75) is 13.3 Å². The summed E-state index contributed by atoms with van der Waals surface area (Å²) in [6.45, 7) is 1.94. The summed E-state index contributed by atoms with van der Waals surface area (Å²) in [6.07, 6.45) is 0.492. The molecule has 0 radical (unpaired) electrons. The van der Waals surface area contributed by atoms with Crippen LogP contribution in [0.4, 0.5) is 5.82 Å². The molecule has 146 valence electrons. The molecule has 0 N–H and O–H groups in total. The van der Waals surface area contributed by atoms with Crippen LogP contribution in [0.5, 0.6) is 17.2 Å². The number of anilines is 1. The van der Waals surface area contributed by atoms with Crippen molar-refractivity contribution in [1.82, 2.24) is 9.97 Å². The van der Waals surface area contributed by atoms with Gasteiger partial charge in [-0.15, -0.1) is 11.3 Å². The van der Waals surface area contributed by atoms with E-state index < -0.39 is 0 Å². The van der Waals surface area contributed by atoms with E-state index in [4.69, 9.17) is 24.2 Å². The Morgan fingerprint density at radius 2 is 1.71 bits per heavy atom. The van der Waals surface area contributed by atoms with Gasteiger partial charge in [0.15, 0.2) is 11.5 Å². The lowest BCUT2D eigenvalue weighted by Gasteiger charge is -2.16. The summed E-state index contributed by atoms with van der Waals surface area (Å²) in [5.74, 6) is 3.19. The minimum Gasteiger partial charge on any atom is -0.493 e. The van der Waals surface area contributed by atoms with Gasteiger partial charge in [0.25, 0.3) is 0 Å². The highest BCUT2D eigenvalue weighted by Crippen LogP contribution is 2.39. The van der Waals surface area contributed by atoms with Crippen LogP contribution in [0.15, 0.2) is 12.1 Å². The third-order valence-corrected chi connectivity index (χ3v) is 5.52. The second kappa shape index (κ2) is 7.90. The Morgan fingerprint density at radius 1 is 1.07 bits per heavy atom. The predicted molar refractivity (Wildman–Crippen MR) is 110 cm³/mol. The SMILES string of the molecule is COc1cc(Cc2nc(N(C)C)c3c(C)c(C#N)sc3n2)cc(OC)c1OC. The van der Waals surface area contributed by atoms with Gasteiger partial charge in [0.1, 0.15) is 27.4 Å². The van der Waals surface area contributed by atoms with Crippen molar-refractivity contribution in [3.8, 4) is 23.3 Å². The van der Waals surface area contributed by atoms with Gasteiger partial charge in [-0.1, -0.05) is 0 Å². The van der Waals surface area contributed by atoms with Crippen molar-refractivity contribution in [3.05, 3.63) is 34.0 Å². The van der Waals surface area contributed by atoms with Gasteiger partial charge in [-0.3, -0.25) is 0 Å². The van der Waals surface area contributed by atoms with E-state index in [-0.39, 0.29) is 0 Å². The molecule has 0 aliphatic rings. The first-order chi connectivity index (χ1) is 13.4. The van der Waals surface area contributed by atoms with Crippen molar-refractivity contribution in [2.24, 2.45) is 0 Å². The summed E-state index contributed by atoms with van der Waals surface area (Å²) in [5, 5.41) is 10.3. The van der Waals surface area contributed by atoms with E-state index in [1.54, 1.807) is 21.3 Å². The molecule has 1 aromatic carbocycles. The normalized spacial score (nSPS) is 10.6. The highest BCUT2D eigenvalue weighted by atomic mass is 32.1. The van der Waals surface area contributed by atoms with Crippen molar-refractivity contribution < 1.29 is 14.2 Å². The zero-order valence-electron chi connectivity index (χ0n) is 16.8. The van der Waals surface area contributed by atoms with Gasteiger partial charge in [-0.2, -0.15) is 5.26 Å². The van der Waals surface area contributed by atoms with E-state index in [1.165, 1.54) is 11.3 Å². The van der Waals surface area contributed by atoms with Crippen LogP contribution in [0, 0.1) is 18.3 Å². The number of hydrogen-bond acceptors (Lipinski definition) is 8. The Morgan fingerprint density at radius 3 is 2.21 bits per heavy atom. The minimum atomic E-state index is 0.492. The van der Waals surface area contributed by atoms with Crippen LogP contribution in [-0.4, -0.2) is 45.4 Å². The Hall–Kier alpha value is -3.05. The van der Waals surface area contributed by atoms with Gasteiger partial charge < -0.3 is 19.1 Å². The summed E-state index contributed by atoms with van der Waals surface area (Å²) in [4.78, 5) is 12.9. The predicted octanol–water partition coefficient (Wildman–Crippen LogP) is 3.55. The van der Waals surface area contributed by atoms with Crippen LogP contribution in [0.2, 0.25) is 0 Å². The molecule has 3 rings (SSSR count). The van der Waals surface area contributed by atoms with Crippen LogP contribution in [0.25, 0.3) is 10.2 Å². The van der Waals surface area contributed by atoms with Crippen molar-refractivity contribution in [2.75, 3.05) is 40.3 Å². The third-order valence-electron chi connectivity index (χ3n) is 4.43. The van der Waals surface area contributed by atoms with Gasteiger partial charge in [0, 0.05) is 20.5 Å². The Bertz CT molecular complexity index is 1040. The topological polar surface area (TPSA) is 80.5 Å². The smallest absolute Gasteiger partial charge is 0.203 e. The van der Waals surface area contributed by atoms with Gasteiger partial charge >= 0.3 is 0 Å². The number of thiophene rings is 1. The first kappa shape index (κ1) is 19.7. The van der Waals surface area contributed by atoms with Crippen LogP contribution in [-0.2, 0) is 6.42 Å². The monoisotopic (exact) mass is 398 g/mol. The van der Waals surface area contributed by atoms with E-state index in [0.29, 0.717) is 34.4 Å². The number of nitriles is 1. The first-order valence-corrected chi connectivity index (χ1v) is 9.41. The number of hydrogen-bond donors (Lipinski definition) is 0. The van der Waals surface area contributed by atoms with Gasteiger partial charge in [-0.25, -0.2) is 9.97 Å². The second-order valence-electron chi connectivity index (χ2n) is 6.42. The zero-order chi connectivity index (χ0) is 20.4. The Labute approximate surface area is 168 Å². The molecule has 0 aliphatic heterocycles. The van der Waals surface area contributed by atoms with Gasteiger partial charge in [-0.05, 0) is 30.2 Å². The fourth-order valence-electron chi connectivity index (χ4n) is 3.09. The fraction of sp³-hybridized carbons (Fsp3) is 0.350. The molecule has 3 aromatic rings. The molecule has 0 atom stereocenters. The van der Waals surface area contributed by atoms with Crippen LogP contribution < -0.4 is 19.1 Å². The number of benzene rings is 1. The quantitative estimate of drug-likeness (QED) is 0.628. The highest BCUT2D eigenvalue weighted by molar-refractivity contribution is 7.19. The highest BCUT2D eigenvalue weighted by Gasteiger charge is 2.19. The molecule has 2 heterocycles. The van der Waals surface area contributed by atoms with Crippen molar-refractivity contribution in [1.29, 1.82) is 5.26 Å². The van der Waals surface area contributed by atoms with Gasteiger partial charge in [0.2, 0.25) is 5.75 Å². The number of aryl methyl sites for hydroxylation is 1. The van der Waals surface area contributed by atoms with E-state index in [2.05, 4.69) is 6.07 Å². The van der Waals surface area contributed by atoms with Crippen molar-refractivity contribution in [3.63, 3.8) is 0 Å². The maximum atomic E-state index is 9.38. The average Bonchev–Trinajstić information content (AvgIpc) is 3.01. The van der Waals surface area contributed by atoms with Crippen LogP contribution >= 0.6 is 11.3 Å². The van der Waals surface area contributed by atoms with Crippen LogP contribution in [0.3, 0.4) is 0 Å². The lowest BCUT2D eigenvalue weighted by atomic mass is 10.1. The number of rotatable bonds is 6. The maximum absolute atomic E-state index is 9.38. The fourth-order valence-corrected chi connectivity index (χ4v) is 4.08. The molecular weight excluding hydrogens is 376 g/mol. The third kappa shape index (κ3) is 3.41. The van der Waals surface area contributed by atoms with Crippen LogP contribution in [0.1, 0.15) is 21.8 Å². The average molecular weight is 398 g/mol. The molecule has 7 nitrogen and oxygen atoms in total. The first-order valence-electron chi connectivity index (χ1n) is 8.59. The summed E-state index contributed by atoms with van der Waals surface area (Å²) in [7, 11) is 8.63. The molecule has 0 aliphatic carbocycles. The molecule has 0 bridgehead atoms. The molecule has 8 heteroatoms. The lowest BCUT2D eigenvalue weighted by molar-refractivity contribution is 0.324. The molecule has 0 spiro atoms. The molecule has 0 saturated heterocycles. The Balaban J connectivity index is 2.12. The lowest BCUT2D eigenvalue weighted by Crippen LogP contribution is -2.13. The minimum absolute atomic E-state index is 0.492.